The van der Waals surface area contributed by atoms with Crippen LogP contribution in [0, 0.1) is 16.0 Å². The molecule has 0 fully saturated rings. The van der Waals surface area contributed by atoms with Gasteiger partial charge in [-0.05, 0) is 35.6 Å². The predicted molar refractivity (Wildman–Crippen MR) is 138 cm³/mol. The van der Waals surface area contributed by atoms with Crippen LogP contribution >= 0.6 is 35.0 Å². The first-order valence-corrected chi connectivity index (χ1v) is 12.9. The highest BCUT2D eigenvalue weighted by molar-refractivity contribution is 7.99. The van der Waals surface area contributed by atoms with E-state index < -0.39 is 11.0 Å². The number of carbonyl (C=O) groups excluding carboxylic acids is 2. The number of hydrogen-bond donors (Lipinski definition) is 1. The fraction of sp³-hybridized carbons (Fsp3) is 0.417. The lowest BCUT2D eigenvalue weighted by Crippen LogP contribution is -2.50. The molecule has 7 nitrogen and oxygen atoms in total. The maximum absolute atomic E-state index is 13.3. The molecule has 0 aliphatic heterocycles. The first-order valence-electron chi connectivity index (χ1n) is 10.9. The van der Waals surface area contributed by atoms with E-state index in [1.165, 1.54) is 23.9 Å². The maximum Gasteiger partial charge on any atom is 0.269 e. The number of non-ortho nitro benzene ring substituents is 1. The van der Waals surface area contributed by atoms with Gasteiger partial charge in [-0.3, -0.25) is 19.7 Å². The van der Waals surface area contributed by atoms with E-state index in [0.29, 0.717) is 34.3 Å². The smallest absolute Gasteiger partial charge is 0.269 e. The van der Waals surface area contributed by atoms with Gasteiger partial charge in [0.15, 0.2) is 0 Å². The minimum Gasteiger partial charge on any atom is -0.354 e. The second-order valence-electron chi connectivity index (χ2n) is 8.24. The molecule has 1 atom stereocenters. The SMILES string of the molecule is CCC(C(=O)NCC(C)C)N(Cc1ccc(Cl)cc1Cl)C(=O)CSCc1ccc([N+](=O)[O-])cc1. The van der Waals surface area contributed by atoms with Crippen LogP contribution in [0.2, 0.25) is 10.0 Å². The molecule has 0 saturated carbocycles. The molecule has 2 amide bonds. The number of nitro groups is 1. The van der Waals surface area contributed by atoms with Gasteiger partial charge in [0.25, 0.3) is 5.69 Å². The molecule has 0 aliphatic carbocycles. The van der Waals surface area contributed by atoms with Crippen LogP contribution in [0.15, 0.2) is 42.5 Å². The lowest BCUT2D eigenvalue weighted by atomic mass is 10.1. The van der Waals surface area contributed by atoms with Crippen molar-refractivity contribution in [1.29, 1.82) is 0 Å². The molecule has 0 saturated heterocycles. The monoisotopic (exact) mass is 525 g/mol. The van der Waals surface area contributed by atoms with Crippen molar-refractivity contribution >= 4 is 52.5 Å². The number of nitrogens with one attached hydrogen (secondary N) is 1. The Hall–Kier alpha value is -2.29. The summed E-state index contributed by atoms with van der Waals surface area (Å²) in [5, 5.41) is 14.7. The Morgan fingerprint density at radius 3 is 2.38 bits per heavy atom. The summed E-state index contributed by atoms with van der Waals surface area (Å²) in [5.74, 6) is 0.555. The zero-order valence-corrected chi connectivity index (χ0v) is 21.8. The number of thioether (sulfide) groups is 1. The third-order valence-electron chi connectivity index (χ3n) is 5.07. The molecular formula is C24H29Cl2N3O4S. The van der Waals surface area contributed by atoms with Crippen LogP contribution in [0.5, 0.6) is 0 Å². The Balaban J connectivity index is 2.14. The van der Waals surface area contributed by atoms with E-state index in [2.05, 4.69) is 5.32 Å². The van der Waals surface area contributed by atoms with Gasteiger partial charge in [0, 0.05) is 41.0 Å². The number of benzene rings is 2. The molecular weight excluding hydrogens is 497 g/mol. The van der Waals surface area contributed by atoms with Crippen LogP contribution in [-0.4, -0.2) is 40.0 Å². The highest BCUT2D eigenvalue weighted by atomic mass is 35.5. The molecule has 0 radical (unpaired) electrons. The van der Waals surface area contributed by atoms with Gasteiger partial charge >= 0.3 is 0 Å². The molecule has 2 rings (SSSR count). The van der Waals surface area contributed by atoms with E-state index in [1.54, 1.807) is 35.2 Å². The minimum atomic E-state index is -0.641. The number of hydrogen-bond acceptors (Lipinski definition) is 5. The standard InChI is InChI=1S/C24H29Cl2N3O4S/c1-4-22(24(31)27-12-16(2)3)28(13-18-7-8-19(25)11-21(18)26)23(30)15-34-14-17-5-9-20(10-6-17)29(32)33/h5-11,16,22H,4,12-15H2,1-3H3,(H,27,31). The predicted octanol–water partition coefficient (Wildman–Crippen LogP) is 5.71. The summed E-state index contributed by atoms with van der Waals surface area (Å²) < 4.78 is 0. The van der Waals surface area contributed by atoms with Gasteiger partial charge < -0.3 is 10.2 Å². The molecule has 1 unspecified atom stereocenters. The second kappa shape index (κ2) is 13.6. The van der Waals surface area contributed by atoms with Crippen molar-refractivity contribution in [3.05, 3.63) is 73.8 Å². The van der Waals surface area contributed by atoms with Crippen LogP contribution in [0.1, 0.15) is 38.3 Å². The van der Waals surface area contributed by atoms with E-state index in [1.807, 2.05) is 20.8 Å². The molecule has 2 aromatic carbocycles. The highest BCUT2D eigenvalue weighted by Crippen LogP contribution is 2.25. The first kappa shape index (κ1) is 28.0. The summed E-state index contributed by atoms with van der Waals surface area (Å²) in [5.41, 5.74) is 1.60. The van der Waals surface area contributed by atoms with Crippen molar-refractivity contribution in [2.75, 3.05) is 12.3 Å². The van der Waals surface area contributed by atoms with Gasteiger partial charge in [-0.2, -0.15) is 0 Å². The summed E-state index contributed by atoms with van der Waals surface area (Å²) >= 11 is 13.7. The summed E-state index contributed by atoms with van der Waals surface area (Å²) in [7, 11) is 0. The van der Waals surface area contributed by atoms with E-state index in [9.17, 15) is 19.7 Å². The third-order valence-corrected chi connectivity index (χ3v) is 6.64. The van der Waals surface area contributed by atoms with Crippen molar-refractivity contribution in [2.24, 2.45) is 5.92 Å². The summed E-state index contributed by atoms with van der Waals surface area (Å²) in [6.07, 6.45) is 0.452. The topological polar surface area (TPSA) is 92.6 Å². The zero-order valence-electron chi connectivity index (χ0n) is 19.4. The number of amides is 2. The first-order chi connectivity index (χ1) is 16.1. The molecule has 34 heavy (non-hydrogen) atoms. The average Bonchev–Trinajstić information content (AvgIpc) is 2.79. The fourth-order valence-electron chi connectivity index (χ4n) is 3.23. The number of rotatable bonds is 12. The van der Waals surface area contributed by atoms with Crippen LogP contribution in [0.3, 0.4) is 0 Å². The van der Waals surface area contributed by atoms with Crippen molar-refractivity contribution in [3.8, 4) is 0 Å². The summed E-state index contributed by atoms with van der Waals surface area (Å²) in [4.78, 5) is 38.1. The number of nitro benzene ring substituents is 1. The van der Waals surface area contributed by atoms with Crippen molar-refractivity contribution in [3.63, 3.8) is 0 Å². The minimum absolute atomic E-state index is 0.0223. The van der Waals surface area contributed by atoms with Gasteiger partial charge in [-0.1, -0.05) is 62.2 Å². The van der Waals surface area contributed by atoms with Crippen LogP contribution in [0.4, 0.5) is 5.69 Å². The Morgan fingerprint density at radius 2 is 1.82 bits per heavy atom. The largest absolute Gasteiger partial charge is 0.354 e. The number of nitrogens with zero attached hydrogens (tertiary/aromatic N) is 2. The Morgan fingerprint density at radius 1 is 1.15 bits per heavy atom. The molecule has 0 bridgehead atoms. The van der Waals surface area contributed by atoms with Crippen molar-refractivity contribution in [1.82, 2.24) is 10.2 Å². The van der Waals surface area contributed by atoms with Crippen LogP contribution in [-0.2, 0) is 21.9 Å². The Labute approximate surface area is 214 Å². The Kier molecular flexibility index (Phi) is 11.1. The molecule has 0 spiro atoms. The normalized spacial score (nSPS) is 11.8. The Bertz CT molecular complexity index is 1000. The van der Waals surface area contributed by atoms with Crippen molar-refractivity contribution < 1.29 is 14.5 Å². The fourth-order valence-corrected chi connectivity index (χ4v) is 4.57. The molecule has 0 aromatic heterocycles. The van der Waals surface area contributed by atoms with E-state index in [0.717, 1.165) is 5.56 Å². The van der Waals surface area contributed by atoms with Crippen LogP contribution < -0.4 is 5.32 Å². The summed E-state index contributed by atoms with van der Waals surface area (Å²) in [6, 6.07) is 10.7. The molecule has 10 heteroatoms. The van der Waals surface area contributed by atoms with Gasteiger partial charge in [-0.15, -0.1) is 11.8 Å². The van der Waals surface area contributed by atoms with Gasteiger partial charge in [-0.25, -0.2) is 0 Å². The number of carbonyl (C=O) groups is 2. The van der Waals surface area contributed by atoms with Gasteiger partial charge in [0.1, 0.15) is 6.04 Å². The van der Waals surface area contributed by atoms with E-state index in [-0.39, 0.29) is 35.7 Å². The van der Waals surface area contributed by atoms with E-state index >= 15 is 0 Å². The third kappa shape index (κ3) is 8.49. The van der Waals surface area contributed by atoms with Crippen molar-refractivity contribution in [2.45, 2.75) is 45.5 Å². The molecule has 0 heterocycles. The second-order valence-corrected chi connectivity index (χ2v) is 10.1. The molecule has 2 aromatic rings. The lowest BCUT2D eigenvalue weighted by molar-refractivity contribution is -0.384. The molecule has 184 valence electrons. The van der Waals surface area contributed by atoms with Gasteiger partial charge in [0.2, 0.25) is 11.8 Å². The maximum atomic E-state index is 13.3. The number of halogens is 2. The highest BCUT2D eigenvalue weighted by Gasteiger charge is 2.29. The lowest BCUT2D eigenvalue weighted by Gasteiger charge is -2.31. The van der Waals surface area contributed by atoms with Gasteiger partial charge in [0.05, 0.1) is 10.7 Å². The van der Waals surface area contributed by atoms with Crippen LogP contribution in [0.25, 0.3) is 0 Å². The molecule has 1 N–H and O–H groups in total. The zero-order chi connectivity index (χ0) is 25.3. The summed E-state index contributed by atoms with van der Waals surface area (Å²) in [6.45, 7) is 6.58. The van der Waals surface area contributed by atoms with E-state index in [4.69, 9.17) is 23.2 Å². The average molecular weight is 526 g/mol. The molecule has 0 aliphatic rings. The quantitative estimate of drug-likeness (QED) is 0.282.